The van der Waals surface area contributed by atoms with Gasteiger partial charge in [0.25, 0.3) is 5.91 Å². The summed E-state index contributed by atoms with van der Waals surface area (Å²) in [5.74, 6) is -1.38. The number of aromatic nitrogens is 1. The van der Waals surface area contributed by atoms with Crippen LogP contribution in [-0.2, 0) is 11.3 Å². The third-order valence-electron chi connectivity index (χ3n) is 3.73. The smallest absolute Gasteiger partial charge is 0.408 e. The van der Waals surface area contributed by atoms with Crippen molar-refractivity contribution < 1.29 is 14.0 Å². The Kier molecular flexibility index (Phi) is 4.98. The third-order valence-corrected chi connectivity index (χ3v) is 3.73. The highest BCUT2D eigenvalue weighted by Crippen LogP contribution is 2.16. The number of fused-ring (bicyclic) bond motifs is 1. The van der Waals surface area contributed by atoms with Gasteiger partial charge >= 0.3 is 5.76 Å². The predicted octanol–water partition coefficient (Wildman–Crippen LogP) is 2.15. The van der Waals surface area contributed by atoms with E-state index in [4.69, 9.17) is 4.42 Å². The number of hydrogen-bond donors (Lipinski definition) is 2. The number of nitrogens with one attached hydrogen (secondary N) is 2. The average molecular weight is 351 g/mol. The molecule has 7 nitrogen and oxygen atoms in total. The average Bonchev–Trinajstić information content (AvgIpc) is 2.95. The maximum absolute atomic E-state index is 12.4. The van der Waals surface area contributed by atoms with Crippen molar-refractivity contribution in [3.05, 3.63) is 77.3 Å². The number of amides is 2. The van der Waals surface area contributed by atoms with E-state index in [1.807, 2.05) is 0 Å². The molecule has 0 aliphatic rings. The Morgan fingerprint density at radius 2 is 1.85 bits per heavy atom. The number of oxazole rings is 1. The van der Waals surface area contributed by atoms with Crippen molar-refractivity contribution in [2.75, 3.05) is 11.9 Å². The van der Waals surface area contributed by atoms with E-state index in [-0.39, 0.29) is 12.5 Å². The normalized spacial score (nSPS) is 10.5. The van der Waals surface area contributed by atoms with E-state index in [0.717, 1.165) is 0 Å². The van der Waals surface area contributed by atoms with Crippen molar-refractivity contribution in [2.45, 2.75) is 6.54 Å². The first-order valence-electron chi connectivity index (χ1n) is 7.96. The van der Waals surface area contributed by atoms with Crippen molar-refractivity contribution in [2.24, 2.45) is 0 Å². The van der Waals surface area contributed by atoms with Crippen molar-refractivity contribution in [1.82, 2.24) is 9.88 Å². The first-order valence-corrected chi connectivity index (χ1v) is 7.96. The van der Waals surface area contributed by atoms with Gasteiger partial charge in [0.1, 0.15) is 6.54 Å². The maximum Gasteiger partial charge on any atom is 0.420 e. The summed E-state index contributed by atoms with van der Waals surface area (Å²) in [6.45, 7) is 3.64. The molecule has 2 amide bonds. The van der Waals surface area contributed by atoms with E-state index in [0.29, 0.717) is 28.9 Å². The second-order valence-electron chi connectivity index (χ2n) is 5.51. The van der Waals surface area contributed by atoms with Crippen LogP contribution in [0.1, 0.15) is 10.4 Å². The van der Waals surface area contributed by atoms with E-state index in [9.17, 15) is 14.4 Å². The zero-order valence-electron chi connectivity index (χ0n) is 13.9. The van der Waals surface area contributed by atoms with Gasteiger partial charge < -0.3 is 15.1 Å². The molecule has 0 saturated heterocycles. The number of rotatable bonds is 6. The maximum atomic E-state index is 12.4. The van der Waals surface area contributed by atoms with Gasteiger partial charge in [-0.05, 0) is 24.3 Å². The van der Waals surface area contributed by atoms with Crippen LogP contribution in [0, 0.1) is 0 Å². The van der Waals surface area contributed by atoms with Crippen LogP contribution >= 0.6 is 0 Å². The van der Waals surface area contributed by atoms with Crippen molar-refractivity contribution >= 4 is 28.6 Å². The topological polar surface area (TPSA) is 93.3 Å². The van der Waals surface area contributed by atoms with E-state index >= 15 is 0 Å². The minimum Gasteiger partial charge on any atom is -0.408 e. The molecule has 0 saturated carbocycles. The molecule has 0 fully saturated rings. The summed E-state index contributed by atoms with van der Waals surface area (Å²) in [6, 6.07) is 13.5. The molecule has 1 heterocycles. The molecule has 0 aliphatic heterocycles. The second kappa shape index (κ2) is 7.52. The highest BCUT2D eigenvalue weighted by molar-refractivity contribution is 6.03. The Balaban J connectivity index is 1.80. The molecule has 1 aromatic heterocycles. The monoisotopic (exact) mass is 351 g/mol. The molecule has 2 N–H and O–H groups in total. The highest BCUT2D eigenvalue weighted by Gasteiger charge is 2.15. The van der Waals surface area contributed by atoms with Crippen LogP contribution in [0.5, 0.6) is 0 Å². The van der Waals surface area contributed by atoms with Gasteiger partial charge in [0.05, 0.1) is 16.8 Å². The third kappa shape index (κ3) is 3.56. The van der Waals surface area contributed by atoms with Gasteiger partial charge in [-0.15, -0.1) is 6.58 Å². The molecule has 0 spiro atoms. The number of hydrogen-bond acceptors (Lipinski definition) is 4. The molecule has 2 aromatic carbocycles. The van der Waals surface area contributed by atoms with E-state index < -0.39 is 11.7 Å². The molecule has 0 radical (unpaired) electrons. The summed E-state index contributed by atoms with van der Waals surface area (Å²) in [5, 5.41) is 5.33. The number of carbonyl (C=O) groups excluding carboxylic acids is 2. The van der Waals surface area contributed by atoms with Gasteiger partial charge in [0, 0.05) is 6.54 Å². The van der Waals surface area contributed by atoms with Gasteiger partial charge in [-0.25, -0.2) is 4.79 Å². The summed E-state index contributed by atoms with van der Waals surface area (Å²) >= 11 is 0. The lowest BCUT2D eigenvalue weighted by Gasteiger charge is -2.11. The van der Waals surface area contributed by atoms with Crippen LogP contribution in [0.2, 0.25) is 0 Å². The fourth-order valence-electron chi connectivity index (χ4n) is 2.55. The molecular weight excluding hydrogens is 334 g/mol. The quantitative estimate of drug-likeness (QED) is 0.666. The Morgan fingerprint density at radius 1 is 1.12 bits per heavy atom. The number of anilines is 1. The fraction of sp³-hybridized carbons (Fsp3) is 0.105. The summed E-state index contributed by atoms with van der Waals surface area (Å²) in [4.78, 5) is 36.5. The Bertz CT molecular complexity index is 1030. The SMILES string of the molecule is C=CCNC(=O)c1ccccc1NC(=O)Cn1c(=O)oc2ccccc21. The Labute approximate surface area is 148 Å². The minimum absolute atomic E-state index is 0.224. The summed E-state index contributed by atoms with van der Waals surface area (Å²) in [5.41, 5.74) is 1.63. The molecule has 0 atom stereocenters. The predicted molar refractivity (Wildman–Crippen MR) is 98.1 cm³/mol. The van der Waals surface area contributed by atoms with Crippen LogP contribution in [0.4, 0.5) is 5.69 Å². The number of nitrogens with zero attached hydrogens (tertiary/aromatic N) is 1. The fourth-order valence-corrected chi connectivity index (χ4v) is 2.55. The molecule has 132 valence electrons. The van der Waals surface area contributed by atoms with Gasteiger partial charge in [-0.1, -0.05) is 30.3 Å². The lowest BCUT2D eigenvalue weighted by Crippen LogP contribution is -2.27. The minimum atomic E-state index is -0.613. The molecule has 0 bridgehead atoms. The van der Waals surface area contributed by atoms with Crippen LogP contribution < -0.4 is 16.4 Å². The summed E-state index contributed by atoms with van der Waals surface area (Å²) in [7, 11) is 0. The Hall–Kier alpha value is -3.61. The van der Waals surface area contributed by atoms with E-state index in [1.54, 1.807) is 54.6 Å². The van der Waals surface area contributed by atoms with E-state index in [1.165, 1.54) is 4.57 Å². The van der Waals surface area contributed by atoms with Crippen LogP contribution in [0.25, 0.3) is 11.1 Å². The zero-order chi connectivity index (χ0) is 18.5. The van der Waals surface area contributed by atoms with Gasteiger partial charge in [0.2, 0.25) is 5.91 Å². The van der Waals surface area contributed by atoms with Crippen LogP contribution in [0.15, 0.2) is 70.4 Å². The Morgan fingerprint density at radius 3 is 2.65 bits per heavy atom. The van der Waals surface area contributed by atoms with Crippen LogP contribution in [0.3, 0.4) is 0 Å². The molecule has 0 unspecified atom stereocenters. The van der Waals surface area contributed by atoms with Gasteiger partial charge in [-0.3, -0.25) is 14.2 Å². The molecular formula is C19H17N3O4. The first-order chi connectivity index (χ1) is 12.6. The van der Waals surface area contributed by atoms with E-state index in [2.05, 4.69) is 17.2 Å². The second-order valence-corrected chi connectivity index (χ2v) is 5.51. The van der Waals surface area contributed by atoms with Crippen molar-refractivity contribution in [1.29, 1.82) is 0 Å². The van der Waals surface area contributed by atoms with Gasteiger partial charge in [0.15, 0.2) is 5.58 Å². The zero-order valence-corrected chi connectivity index (χ0v) is 13.9. The molecule has 26 heavy (non-hydrogen) atoms. The largest absolute Gasteiger partial charge is 0.420 e. The van der Waals surface area contributed by atoms with Crippen molar-refractivity contribution in [3.8, 4) is 0 Å². The van der Waals surface area contributed by atoms with Crippen LogP contribution in [-0.4, -0.2) is 22.9 Å². The summed E-state index contributed by atoms with van der Waals surface area (Å²) < 4.78 is 6.35. The number of carbonyl (C=O) groups is 2. The number of para-hydroxylation sites is 3. The molecule has 7 heteroatoms. The number of benzene rings is 2. The lowest BCUT2D eigenvalue weighted by atomic mass is 10.1. The highest BCUT2D eigenvalue weighted by atomic mass is 16.4. The first kappa shape index (κ1) is 17.2. The van der Waals surface area contributed by atoms with Gasteiger partial charge in [-0.2, -0.15) is 0 Å². The lowest BCUT2D eigenvalue weighted by molar-refractivity contribution is -0.116. The molecule has 3 aromatic rings. The molecule has 3 rings (SSSR count). The molecule has 0 aliphatic carbocycles. The summed E-state index contributed by atoms with van der Waals surface area (Å²) in [6.07, 6.45) is 1.57. The standard InChI is InChI=1S/C19H17N3O4/c1-2-11-20-18(24)13-7-3-4-8-14(13)21-17(23)12-22-15-9-5-6-10-16(15)26-19(22)25/h2-10H,1,11-12H2,(H,20,24)(H,21,23). The van der Waals surface area contributed by atoms with Crippen molar-refractivity contribution in [3.63, 3.8) is 0 Å².